The zero-order valence-corrected chi connectivity index (χ0v) is 17.5. The van der Waals surface area contributed by atoms with Gasteiger partial charge in [-0.15, -0.1) is 0 Å². The van der Waals surface area contributed by atoms with Crippen LogP contribution in [0.15, 0.2) is 65.0 Å². The molecule has 1 N–H and O–H groups in total. The number of aliphatic hydroxyl groups is 1. The number of ketones is 1. The summed E-state index contributed by atoms with van der Waals surface area (Å²) in [4.78, 5) is 27.3. The number of hydrogen-bond donors (Lipinski definition) is 1. The maximum atomic E-state index is 13.1. The topological polar surface area (TPSA) is 98.4 Å². The first kappa shape index (κ1) is 22.2. The molecule has 1 amide bonds. The largest absolute Gasteiger partial charge is 0.503 e. The van der Waals surface area contributed by atoms with Crippen molar-refractivity contribution in [2.45, 2.75) is 13.0 Å². The Morgan fingerprint density at radius 2 is 2.10 bits per heavy atom. The normalized spacial score (nSPS) is 16.0. The minimum Gasteiger partial charge on any atom is -0.503 e. The van der Waals surface area contributed by atoms with Gasteiger partial charge in [-0.2, -0.15) is 0 Å². The van der Waals surface area contributed by atoms with Gasteiger partial charge in [0, 0.05) is 13.7 Å². The molecule has 0 bridgehead atoms. The summed E-state index contributed by atoms with van der Waals surface area (Å²) in [6.07, 6.45) is 2.98. The number of carbonyl (C=O) groups is 2. The molecule has 0 saturated heterocycles. The Labute approximate surface area is 180 Å². The summed E-state index contributed by atoms with van der Waals surface area (Å²) >= 11 is 0. The fraction of sp³-hybridized carbons (Fsp3) is 0.304. The van der Waals surface area contributed by atoms with Crippen molar-refractivity contribution >= 4 is 11.7 Å². The van der Waals surface area contributed by atoms with E-state index in [2.05, 4.69) is 6.58 Å². The highest BCUT2D eigenvalue weighted by Gasteiger charge is 2.44. The van der Waals surface area contributed by atoms with Crippen molar-refractivity contribution in [1.82, 2.24) is 4.90 Å². The zero-order valence-electron chi connectivity index (χ0n) is 17.5. The number of amides is 1. The van der Waals surface area contributed by atoms with Crippen molar-refractivity contribution in [2.24, 2.45) is 0 Å². The molecule has 1 atom stereocenters. The maximum Gasteiger partial charge on any atom is 0.290 e. The number of furan rings is 1. The van der Waals surface area contributed by atoms with Crippen LogP contribution in [0, 0.1) is 0 Å². The van der Waals surface area contributed by atoms with E-state index >= 15 is 0 Å². The van der Waals surface area contributed by atoms with E-state index < -0.39 is 23.5 Å². The quantitative estimate of drug-likeness (QED) is 0.433. The van der Waals surface area contributed by atoms with Crippen molar-refractivity contribution < 1.29 is 33.3 Å². The molecule has 2 aromatic rings. The van der Waals surface area contributed by atoms with E-state index in [1.165, 1.54) is 24.3 Å². The van der Waals surface area contributed by atoms with E-state index in [1.54, 1.807) is 30.3 Å². The zero-order chi connectivity index (χ0) is 22.4. The molecule has 164 valence electrons. The molecule has 0 radical (unpaired) electrons. The average molecular weight is 427 g/mol. The highest BCUT2D eigenvalue weighted by atomic mass is 16.5. The number of ether oxygens (including phenoxy) is 3. The smallest absolute Gasteiger partial charge is 0.290 e. The van der Waals surface area contributed by atoms with Crippen molar-refractivity contribution in [3.8, 4) is 11.5 Å². The van der Waals surface area contributed by atoms with Crippen molar-refractivity contribution in [3.63, 3.8) is 0 Å². The Morgan fingerprint density at radius 1 is 1.29 bits per heavy atom. The SMILES string of the molecule is C=CCOc1ccc(C2C(C(=O)c3ccco3)=C(O)C(=O)N2CCOC)cc1OCC. The van der Waals surface area contributed by atoms with Gasteiger partial charge in [0.1, 0.15) is 6.61 Å². The molecule has 8 heteroatoms. The molecule has 1 aliphatic rings. The molecule has 3 rings (SSSR count). The summed E-state index contributed by atoms with van der Waals surface area (Å²) in [6, 6.07) is 7.35. The Balaban J connectivity index is 2.08. The molecule has 0 saturated carbocycles. The van der Waals surface area contributed by atoms with E-state index in [4.69, 9.17) is 18.6 Å². The van der Waals surface area contributed by atoms with Crippen LogP contribution in [-0.2, 0) is 9.53 Å². The van der Waals surface area contributed by atoms with Crippen LogP contribution in [0.4, 0.5) is 0 Å². The summed E-state index contributed by atoms with van der Waals surface area (Å²) in [6.45, 7) is 6.58. The van der Waals surface area contributed by atoms with E-state index in [9.17, 15) is 14.7 Å². The molecule has 1 aromatic carbocycles. The second kappa shape index (κ2) is 9.99. The Morgan fingerprint density at radius 3 is 2.74 bits per heavy atom. The van der Waals surface area contributed by atoms with Gasteiger partial charge in [0.15, 0.2) is 23.0 Å². The fourth-order valence-electron chi connectivity index (χ4n) is 3.42. The lowest BCUT2D eigenvalue weighted by molar-refractivity contribution is -0.130. The van der Waals surface area contributed by atoms with Gasteiger partial charge in [0.25, 0.3) is 5.91 Å². The van der Waals surface area contributed by atoms with Crippen molar-refractivity contribution in [2.75, 3.05) is 33.5 Å². The third kappa shape index (κ3) is 4.49. The number of carbonyl (C=O) groups excluding carboxylic acids is 2. The second-order valence-electron chi connectivity index (χ2n) is 6.70. The minimum absolute atomic E-state index is 0.0314. The number of hydrogen-bond acceptors (Lipinski definition) is 7. The Bertz CT molecular complexity index is 978. The summed E-state index contributed by atoms with van der Waals surface area (Å²) in [5.74, 6) is -0.827. The first-order valence-corrected chi connectivity index (χ1v) is 9.85. The maximum absolute atomic E-state index is 13.1. The number of Topliss-reactive ketones (excluding diaryl/α,β-unsaturated/α-hetero) is 1. The summed E-state index contributed by atoms with van der Waals surface area (Å²) in [5, 5.41) is 10.6. The van der Waals surface area contributed by atoms with Gasteiger partial charge >= 0.3 is 0 Å². The third-order valence-corrected chi connectivity index (χ3v) is 4.77. The Kier molecular flexibility index (Phi) is 7.15. The number of aliphatic hydroxyl groups excluding tert-OH is 1. The van der Waals surface area contributed by atoms with Gasteiger partial charge in [-0.3, -0.25) is 9.59 Å². The molecule has 0 spiro atoms. The molecule has 0 aliphatic carbocycles. The predicted octanol–water partition coefficient (Wildman–Crippen LogP) is 3.47. The molecule has 8 nitrogen and oxygen atoms in total. The van der Waals surface area contributed by atoms with Gasteiger partial charge < -0.3 is 28.6 Å². The average Bonchev–Trinajstić information content (AvgIpc) is 3.39. The number of benzene rings is 1. The second-order valence-corrected chi connectivity index (χ2v) is 6.70. The van der Waals surface area contributed by atoms with Crippen LogP contribution in [0.1, 0.15) is 29.1 Å². The van der Waals surface area contributed by atoms with Crippen molar-refractivity contribution in [1.29, 1.82) is 0 Å². The van der Waals surface area contributed by atoms with Crippen LogP contribution in [0.25, 0.3) is 0 Å². The van der Waals surface area contributed by atoms with Crippen LogP contribution in [0.5, 0.6) is 11.5 Å². The van der Waals surface area contributed by atoms with Crippen LogP contribution < -0.4 is 9.47 Å². The lowest BCUT2D eigenvalue weighted by Gasteiger charge is -2.27. The molecular weight excluding hydrogens is 402 g/mol. The van der Waals surface area contributed by atoms with Gasteiger partial charge in [-0.1, -0.05) is 18.7 Å². The van der Waals surface area contributed by atoms with Gasteiger partial charge in [0.2, 0.25) is 5.78 Å². The number of rotatable bonds is 11. The predicted molar refractivity (Wildman–Crippen MR) is 112 cm³/mol. The molecule has 31 heavy (non-hydrogen) atoms. The fourth-order valence-corrected chi connectivity index (χ4v) is 3.42. The number of methoxy groups -OCH3 is 1. The van der Waals surface area contributed by atoms with Crippen LogP contribution in [0.3, 0.4) is 0 Å². The lowest BCUT2D eigenvalue weighted by Crippen LogP contribution is -2.34. The van der Waals surface area contributed by atoms with Gasteiger partial charge in [-0.05, 0) is 36.8 Å². The van der Waals surface area contributed by atoms with Gasteiger partial charge in [-0.25, -0.2) is 0 Å². The highest BCUT2D eigenvalue weighted by molar-refractivity contribution is 6.15. The molecule has 2 heterocycles. The first-order valence-electron chi connectivity index (χ1n) is 9.85. The summed E-state index contributed by atoms with van der Waals surface area (Å²) in [5.41, 5.74) is 0.524. The van der Waals surface area contributed by atoms with Crippen LogP contribution >= 0.6 is 0 Å². The standard InChI is InChI=1S/C23H25NO7/c1-4-11-30-16-9-8-15(14-18(16)29-5-2)20-19(21(25)17-7-6-12-31-17)22(26)23(27)24(20)10-13-28-3/h4,6-9,12,14,20,26H,1,5,10-11,13H2,2-3H3. The molecule has 0 fully saturated rings. The lowest BCUT2D eigenvalue weighted by atomic mass is 9.94. The molecule has 1 unspecified atom stereocenters. The summed E-state index contributed by atoms with van der Waals surface area (Å²) in [7, 11) is 1.51. The van der Waals surface area contributed by atoms with Gasteiger partial charge in [0.05, 0.1) is 31.1 Å². The molecular formula is C23H25NO7. The van der Waals surface area contributed by atoms with E-state index in [-0.39, 0.29) is 24.5 Å². The summed E-state index contributed by atoms with van der Waals surface area (Å²) < 4.78 is 21.7. The monoisotopic (exact) mass is 427 g/mol. The minimum atomic E-state index is -0.840. The molecule has 1 aromatic heterocycles. The van der Waals surface area contributed by atoms with E-state index in [0.29, 0.717) is 30.3 Å². The van der Waals surface area contributed by atoms with Crippen LogP contribution in [-0.4, -0.2) is 55.2 Å². The molecule has 1 aliphatic heterocycles. The number of nitrogens with zero attached hydrogens (tertiary/aromatic N) is 1. The van der Waals surface area contributed by atoms with Crippen LogP contribution in [0.2, 0.25) is 0 Å². The van der Waals surface area contributed by atoms with E-state index in [0.717, 1.165) is 0 Å². The Hall–Kier alpha value is -3.52. The highest BCUT2D eigenvalue weighted by Crippen LogP contribution is 2.41. The van der Waals surface area contributed by atoms with Crippen molar-refractivity contribution in [3.05, 3.63) is 71.9 Å². The van der Waals surface area contributed by atoms with E-state index in [1.807, 2.05) is 6.92 Å². The first-order chi connectivity index (χ1) is 15.0. The third-order valence-electron chi connectivity index (χ3n) is 4.77.